The van der Waals surface area contributed by atoms with Crippen molar-refractivity contribution in [2.75, 3.05) is 7.11 Å². The highest BCUT2D eigenvalue weighted by Crippen LogP contribution is 2.31. The third-order valence-electron chi connectivity index (χ3n) is 3.72. The van der Waals surface area contributed by atoms with Gasteiger partial charge < -0.3 is 9.30 Å². The van der Waals surface area contributed by atoms with Crippen LogP contribution < -0.4 is 0 Å². The number of carbonyl (C=O) groups excluding carboxylic acids is 1. The summed E-state index contributed by atoms with van der Waals surface area (Å²) in [5, 5.41) is 0. The van der Waals surface area contributed by atoms with E-state index in [0.717, 1.165) is 22.5 Å². The summed E-state index contributed by atoms with van der Waals surface area (Å²) < 4.78 is 6.74. The van der Waals surface area contributed by atoms with Gasteiger partial charge >= 0.3 is 5.97 Å². The summed E-state index contributed by atoms with van der Waals surface area (Å²) >= 11 is 0. The Bertz CT molecular complexity index is 780. The number of nitrogens with zero attached hydrogens (tertiary/aromatic N) is 2. The molecule has 23 heavy (non-hydrogen) atoms. The molecule has 2 aromatic carbocycles. The van der Waals surface area contributed by atoms with Gasteiger partial charge in [0, 0.05) is 17.7 Å². The van der Waals surface area contributed by atoms with E-state index in [1.807, 2.05) is 53.1 Å². The molecule has 3 rings (SSSR count). The number of hydrogen-bond donors (Lipinski definition) is 0. The standard InChI is InChI=1S/C19H18N2O2/c1-23-17(22)12-13-21-14-20-18(15-8-4-2-5-9-15)19(21)16-10-6-3-7-11-16/h2-11,14H,12-13H2,1H3. The van der Waals surface area contributed by atoms with Crippen LogP contribution in [0.4, 0.5) is 0 Å². The van der Waals surface area contributed by atoms with Gasteiger partial charge in [-0.05, 0) is 0 Å². The molecule has 0 spiro atoms. The molecule has 1 heterocycles. The maximum absolute atomic E-state index is 11.5. The number of ether oxygens (including phenoxy) is 1. The zero-order valence-corrected chi connectivity index (χ0v) is 13.0. The Morgan fingerprint density at radius 1 is 1.00 bits per heavy atom. The minimum Gasteiger partial charge on any atom is -0.469 e. The van der Waals surface area contributed by atoms with Crippen LogP contribution in [0.3, 0.4) is 0 Å². The SMILES string of the molecule is COC(=O)CCn1cnc(-c2ccccc2)c1-c1ccccc1. The number of esters is 1. The summed E-state index contributed by atoms with van der Waals surface area (Å²) in [7, 11) is 1.41. The summed E-state index contributed by atoms with van der Waals surface area (Å²) in [5.74, 6) is -0.223. The highest BCUT2D eigenvalue weighted by atomic mass is 16.5. The second kappa shape index (κ2) is 6.92. The highest BCUT2D eigenvalue weighted by Gasteiger charge is 2.15. The Balaban J connectivity index is 2.04. The lowest BCUT2D eigenvalue weighted by atomic mass is 10.0. The highest BCUT2D eigenvalue weighted by molar-refractivity contribution is 5.78. The van der Waals surface area contributed by atoms with E-state index < -0.39 is 0 Å². The lowest BCUT2D eigenvalue weighted by molar-refractivity contribution is -0.140. The number of aromatic nitrogens is 2. The quantitative estimate of drug-likeness (QED) is 0.674. The van der Waals surface area contributed by atoms with E-state index in [0.29, 0.717) is 13.0 Å². The van der Waals surface area contributed by atoms with Crippen LogP contribution in [-0.2, 0) is 16.1 Å². The Morgan fingerprint density at radius 3 is 2.22 bits per heavy atom. The van der Waals surface area contributed by atoms with Gasteiger partial charge in [0.15, 0.2) is 0 Å². The van der Waals surface area contributed by atoms with Crippen LogP contribution in [0, 0.1) is 0 Å². The van der Waals surface area contributed by atoms with E-state index in [2.05, 4.69) is 17.1 Å². The number of hydrogen-bond acceptors (Lipinski definition) is 3. The summed E-state index contributed by atoms with van der Waals surface area (Å²) in [6.45, 7) is 0.538. The number of benzene rings is 2. The number of imidazole rings is 1. The number of aryl methyl sites for hydroxylation is 1. The summed E-state index contributed by atoms with van der Waals surface area (Å²) in [6, 6.07) is 20.2. The molecule has 3 aromatic rings. The molecule has 4 heteroatoms. The molecule has 0 aliphatic carbocycles. The van der Waals surface area contributed by atoms with E-state index in [-0.39, 0.29) is 5.97 Å². The topological polar surface area (TPSA) is 44.1 Å². The first kappa shape index (κ1) is 15.0. The third-order valence-corrected chi connectivity index (χ3v) is 3.72. The number of methoxy groups -OCH3 is 1. The number of carbonyl (C=O) groups is 1. The molecule has 1 aromatic heterocycles. The Kier molecular flexibility index (Phi) is 4.52. The van der Waals surface area contributed by atoms with Gasteiger partial charge in [-0.15, -0.1) is 0 Å². The van der Waals surface area contributed by atoms with Gasteiger partial charge in [-0.1, -0.05) is 60.7 Å². The normalized spacial score (nSPS) is 10.5. The van der Waals surface area contributed by atoms with Gasteiger partial charge in [0.25, 0.3) is 0 Å². The van der Waals surface area contributed by atoms with Gasteiger partial charge in [-0.25, -0.2) is 4.98 Å². The largest absolute Gasteiger partial charge is 0.469 e. The molecule has 0 aliphatic heterocycles. The van der Waals surface area contributed by atoms with Crippen LogP contribution in [0.15, 0.2) is 67.0 Å². The molecular weight excluding hydrogens is 288 g/mol. The molecule has 0 unspecified atom stereocenters. The van der Waals surface area contributed by atoms with Crippen LogP contribution in [0.25, 0.3) is 22.5 Å². The van der Waals surface area contributed by atoms with E-state index in [1.165, 1.54) is 7.11 Å². The first-order valence-electron chi connectivity index (χ1n) is 7.52. The minimum atomic E-state index is -0.223. The predicted molar refractivity (Wildman–Crippen MR) is 89.7 cm³/mol. The van der Waals surface area contributed by atoms with Crippen molar-refractivity contribution in [1.82, 2.24) is 9.55 Å². The average molecular weight is 306 g/mol. The van der Waals surface area contributed by atoms with Crippen molar-refractivity contribution in [3.8, 4) is 22.5 Å². The summed E-state index contributed by atoms with van der Waals surface area (Å²) in [5.41, 5.74) is 4.07. The van der Waals surface area contributed by atoms with Crippen molar-refractivity contribution in [2.24, 2.45) is 0 Å². The first-order valence-corrected chi connectivity index (χ1v) is 7.52. The molecule has 0 N–H and O–H groups in total. The van der Waals surface area contributed by atoms with Crippen LogP contribution in [0.5, 0.6) is 0 Å². The summed E-state index contributed by atoms with van der Waals surface area (Å²) in [4.78, 5) is 16.0. The molecule has 116 valence electrons. The maximum atomic E-state index is 11.5. The third kappa shape index (κ3) is 3.31. The van der Waals surface area contributed by atoms with Crippen molar-refractivity contribution in [3.05, 3.63) is 67.0 Å². The molecule has 0 aliphatic rings. The van der Waals surface area contributed by atoms with Gasteiger partial charge in [-0.3, -0.25) is 4.79 Å². The van der Waals surface area contributed by atoms with Gasteiger partial charge in [0.05, 0.1) is 31.2 Å². The predicted octanol–water partition coefficient (Wildman–Crippen LogP) is 3.78. The number of rotatable bonds is 5. The summed E-state index contributed by atoms with van der Waals surface area (Å²) in [6.07, 6.45) is 2.11. The Hall–Kier alpha value is -2.88. The molecule has 0 fully saturated rings. The fourth-order valence-electron chi connectivity index (χ4n) is 2.57. The molecule has 0 saturated carbocycles. The zero-order chi connectivity index (χ0) is 16.1. The van der Waals surface area contributed by atoms with E-state index in [4.69, 9.17) is 4.74 Å². The maximum Gasteiger partial charge on any atom is 0.307 e. The van der Waals surface area contributed by atoms with E-state index in [9.17, 15) is 4.79 Å². The minimum absolute atomic E-state index is 0.223. The van der Waals surface area contributed by atoms with Crippen molar-refractivity contribution >= 4 is 5.97 Å². The lowest BCUT2D eigenvalue weighted by Gasteiger charge is -2.10. The van der Waals surface area contributed by atoms with Crippen molar-refractivity contribution in [1.29, 1.82) is 0 Å². The van der Waals surface area contributed by atoms with E-state index >= 15 is 0 Å². The lowest BCUT2D eigenvalue weighted by Crippen LogP contribution is -2.07. The fourth-order valence-corrected chi connectivity index (χ4v) is 2.57. The monoisotopic (exact) mass is 306 g/mol. The molecule has 0 bridgehead atoms. The van der Waals surface area contributed by atoms with Crippen LogP contribution >= 0.6 is 0 Å². The van der Waals surface area contributed by atoms with Crippen LogP contribution in [-0.4, -0.2) is 22.6 Å². The second-order valence-electron chi connectivity index (χ2n) is 5.19. The smallest absolute Gasteiger partial charge is 0.307 e. The van der Waals surface area contributed by atoms with Gasteiger partial charge in [0.1, 0.15) is 0 Å². The molecule has 0 radical (unpaired) electrons. The molecule has 0 saturated heterocycles. The zero-order valence-electron chi connectivity index (χ0n) is 13.0. The Labute approximate surface area is 135 Å². The van der Waals surface area contributed by atoms with Crippen LogP contribution in [0.1, 0.15) is 6.42 Å². The van der Waals surface area contributed by atoms with Crippen molar-refractivity contribution in [3.63, 3.8) is 0 Å². The molecule has 0 atom stereocenters. The average Bonchev–Trinajstić information content (AvgIpc) is 3.05. The molecular formula is C19H18N2O2. The van der Waals surface area contributed by atoms with Gasteiger partial charge in [0.2, 0.25) is 0 Å². The molecule has 0 amide bonds. The second-order valence-corrected chi connectivity index (χ2v) is 5.19. The fraction of sp³-hybridized carbons (Fsp3) is 0.158. The molecule has 4 nitrogen and oxygen atoms in total. The van der Waals surface area contributed by atoms with Crippen molar-refractivity contribution in [2.45, 2.75) is 13.0 Å². The van der Waals surface area contributed by atoms with Crippen molar-refractivity contribution < 1.29 is 9.53 Å². The van der Waals surface area contributed by atoms with Crippen LogP contribution in [0.2, 0.25) is 0 Å². The van der Waals surface area contributed by atoms with Gasteiger partial charge in [-0.2, -0.15) is 0 Å². The first-order chi connectivity index (χ1) is 11.3. The van der Waals surface area contributed by atoms with E-state index in [1.54, 1.807) is 6.33 Å². The Morgan fingerprint density at radius 2 is 1.61 bits per heavy atom.